The summed E-state index contributed by atoms with van der Waals surface area (Å²) >= 11 is 0. The summed E-state index contributed by atoms with van der Waals surface area (Å²) in [7, 11) is 0. The lowest BCUT2D eigenvalue weighted by atomic mass is 10.1. The number of rotatable bonds is 0. The van der Waals surface area contributed by atoms with E-state index in [1.807, 2.05) is 0 Å². The molecule has 58 valence electrons. The van der Waals surface area contributed by atoms with Gasteiger partial charge in [0.2, 0.25) is 0 Å². The van der Waals surface area contributed by atoms with Gasteiger partial charge in [-0.25, -0.2) is 0 Å². The van der Waals surface area contributed by atoms with E-state index in [2.05, 4.69) is 23.8 Å². The van der Waals surface area contributed by atoms with Gasteiger partial charge in [0.05, 0.1) is 11.4 Å². The first-order valence-corrected chi connectivity index (χ1v) is 4.10. The first-order valence-electron chi connectivity index (χ1n) is 4.10. The van der Waals surface area contributed by atoms with E-state index in [1.54, 1.807) is 12.4 Å². The van der Waals surface area contributed by atoms with E-state index in [0.717, 1.165) is 0 Å². The zero-order valence-corrected chi connectivity index (χ0v) is 6.91. The standard InChI is InChI=1S/C9H12N2/c1-6-5-7(2)9-8(6)10-3-4-11-9/h3-4,6-7H,5H2,1-2H3/t6-,7+. The molecule has 1 aliphatic carbocycles. The molecular weight excluding hydrogens is 136 g/mol. The molecule has 0 saturated carbocycles. The van der Waals surface area contributed by atoms with E-state index < -0.39 is 0 Å². The Hall–Kier alpha value is -0.920. The van der Waals surface area contributed by atoms with Gasteiger partial charge in [-0.3, -0.25) is 9.97 Å². The number of hydrogen-bond acceptors (Lipinski definition) is 2. The summed E-state index contributed by atoms with van der Waals surface area (Å²) in [4.78, 5) is 8.66. The molecule has 0 radical (unpaired) electrons. The van der Waals surface area contributed by atoms with Crippen LogP contribution in [0.1, 0.15) is 43.5 Å². The fraction of sp³-hybridized carbons (Fsp3) is 0.556. The van der Waals surface area contributed by atoms with Crippen molar-refractivity contribution in [3.63, 3.8) is 0 Å². The van der Waals surface area contributed by atoms with Crippen LogP contribution in [0.2, 0.25) is 0 Å². The van der Waals surface area contributed by atoms with Gasteiger partial charge in [0.15, 0.2) is 0 Å². The van der Waals surface area contributed by atoms with Crippen LogP contribution in [0, 0.1) is 0 Å². The summed E-state index contributed by atoms with van der Waals surface area (Å²) in [6.07, 6.45) is 4.78. The van der Waals surface area contributed by atoms with Gasteiger partial charge in [0.1, 0.15) is 0 Å². The molecule has 0 fully saturated rings. The van der Waals surface area contributed by atoms with Gasteiger partial charge in [0, 0.05) is 24.2 Å². The van der Waals surface area contributed by atoms with Gasteiger partial charge in [0.25, 0.3) is 0 Å². The molecule has 0 unspecified atom stereocenters. The van der Waals surface area contributed by atoms with Crippen LogP contribution in [0.5, 0.6) is 0 Å². The van der Waals surface area contributed by atoms with E-state index >= 15 is 0 Å². The maximum Gasteiger partial charge on any atom is 0.0649 e. The van der Waals surface area contributed by atoms with Crippen molar-refractivity contribution in [1.29, 1.82) is 0 Å². The minimum Gasteiger partial charge on any atom is -0.257 e. The van der Waals surface area contributed by atoms with Crippen molar-refractivity contribution in [2.45, 2.75) is 32.1 Å². The molecule has 0 N–H and O–H groups in total. The molecule has 0 spiro atoms. The molecule has 0 amide bonds. The summed E-state index contributed by atoms with van der Waals surface area (Å²) in [5, 5.41) is 0. The minimum absolute atomic E-state index is 0.605. The Morgan fingerprint density at radius 1 is 1.09 bits per heavy atom. The lowest BCUT2D eigenvalue weighted by Gasteiger charge is -1.99. The van der Waals surface area contributed by atoms with E-state index in [4.69, 9.17) is 0 Å². The predicted octanol–water partition coefficient (Wildman–Crippen LogP) is 2.09. The molecule has 2 nitrogen and oxygen atoms in total. The Morgan fingerprint density at radius 3 is 2.00 bits per heavy atom. The number of nitrogens with zero attached hydrogens (tertiary/aromatic N) is 2. The summed E-state index contributed by atoms with van der Waals surface area (Å²) in [5.74, 6) is 1.21. The molecule has 0 bridgehead atoms. The maximum absolute atomic E-state index is 4.33. The summed E-state index contributed by atoms with van der Waals surface area (Å²) in [6, 6.07) is 0. The fourth-order valence-corrected chi connectivity index (χ4v) is 1.87. The van der Waals surface area contributed by atoms with Crippen molar-refractivity contribution >= 4 is 0 Å². The monoisotopic (exact) mass is 148 g/mol. The Labute approximate surface area is 66.7 Å². The van der Waals surface area contributed by atoms with Gasteiger partial charge in [-0.1, -0.05) is 13.8 Å². The van der Waals surface area contributed by atoms with Gasteiger partial charge in [-0.05, 0) is 6.42 Å². The molecule has 1 aromatic heterocycles. The highest BCUT2D eigenvalue weighted by Crippen LogP contribution is 2.37. The van der Waals surface area contributed by atoms with Crippen molar-refractivity contribution in [3.8, 4) is 0 Å². The second-order valence-electron chi connectivity index (χ2n) is 3.36. The Bertz CT molecular complexity index is 243. The van der Waals surface area contributed by atoms with Crippen LogP contribution < -0.4 is 0 Å². The van der Waals surface area contributed by atoms with Crippen molar-refractivity contribution in [1.82, 2.24) is 9.97 Å². The number of hydrogen-bond donors (Lipinski definition) is 0. The van der Waals surface area contributed by atoms with E-state index in [0.29, 0.717) is 11.8 Å². The first-order chi connectivity index (χ1) is 5.29. The van der Waals surface area contributed by atoms with Crippen LogP contribution in [0.15, 0.2) is 12.4 Å². The van der Waals surface area contributed by atoms with E-state index in [1.165, 1.54) is 17.8 Å². The second kappa shape index (κ2) is 2.29. The van der Waals surface area contributed by atoms with Crippen LogP contribution in [0.25, 0.3) is 0 Å². The van der Waals surface area contributed by atoms with Crippen molar-refractivity contribution in [2.75, 3.05) is 0 Å². The molecule has 0 aliphatic heterocycles. The van der Waals surface area contributed by atoms with E-state index in [-0.39, 0.29) is 0 Å². The minimum atomic E-state index is 0.605. The van der Waals surface area contributed by atoms with Crippen molar-refractivity contribution in [3.05, 3.63) is 23.8 Å². The third-order valence-electron chi connectivity index (χ3n) is 2.40. The summed E-state index contributed by atoms with van der Waals surface area (Å²) in [5.41, 5.74) is 2.42. The molecule has 2 atom stereocenters. The van der Waals surface area contributed by atoms with Crippen LogP contribution in [-0.4, -0.2) is 9.97 Å². The molecule has 11 heavy (non-hydrogen) atoms. The average molecular weight is 148 g/mol. The van der Waals surface area contributed by atoms with Crippen LogP contribution in [-0.2, 0) is 0 Å². The molecule has 1 aromatic rings. The zero-order valence-electron chi connectivity index (χ0n) is 6.91. The Balaban J connectivity index is 2.52. The number of aromatic nitrogens is 2. The average Bonchev–Trinajstić information content (AvgIpc) is 2.30. The Morgan fingerprint density at radius 2 is 1.55 bits per heavy atom. The summed E-state index contributed by atoms with van der Waals surface area (Å²) < 4.78 is 0. The van der Waals surface area contributed by atoms with E-state index in [9.17, 15) is 0 Å². The zero-order chi connectivity index (χ0) is 7.84. The van der Waals surface area contributed by atoms with Gasteiger partial charge >= 0.3 is 0 Å². The Kier molecular flexibility index (Phi) is 1.41. The second-order valence-corrected chi connectivity index (χ2v) is 3.36. The lowest BCUT2D eigenvalue weighted by molar-refractivity contribution is 0.651. The third kappa shape index (κ3) is 0.934. The predicted molar refractivity (Wildman–Crippen MR) is 43.5 cm³/mol. The first kappa shape index (κ1) is 6.77. The summed E-state index contributed by atoms with van der Waals surface area (Å²) in [6.45, 7) is 4.44. The fourth-order valence-electron chi connectivity index (χ4n) is 1.87. The molecule has 2 heteroatoms. The molecule has 1 aliphatic rings. The SMILES string of the molecule is C[C@@H]1C[C@H](C)c2nccnc21. The molecule has 2 rings (SSSR count). The quantitative estimate of drug-likeness (QED) is 0.563. The van der Waals surface area contributed by atoms with Gasteiger partial charge < -0.3 is 0 Å². The van der Waals surface area contributed by atoms with Crippen LogP contribution in [0.3, 0.4) is 0 Å². The van der Waals surface area contributed by atoms with Crippen LogP contribution in [0.4, 0.5) is 0 Å². The van der Waals surface area contributed by atoms with Crippen molar-refractivity contribution in [2.24, 2.45) is 0 Å². The topological polar surface area (TPSA) is 25.8 Å². The highest BCUT2D eigenvalue weighted by atomic mass is 14.8. The lowest BCUT2D eigenvalue weighted by Crippen LogP contribution is -1.93. The highest BCUT2D eigenvalue weighted by molar-refractivity contribution is 5.25. The molecule has 1 heterocycles. The smallest absolute Gasteiger partial charge is 0.0649 e. The molecule has 0 aromatic carbocycles. The third-order valence-corrected chi connectivity index (χ3v) is 2.40. The van der Waals surface area contributed by atoms with Crippen molar-refractivity contribution < 1.29 is 0 Å². The van der Waals surface area contributed by atoms with Crippen LogP contribution >= 0.6 is 0 Å². The largest absolute Gasteiger partial charge is 0.257 e. The highest BCUT2D eigenvalue weighted by Gasteiger charge is 2.26. The van der Waals surface area contributed by atoms with Gasteiger partial charge in [-0.2, -0.15) is 0 Å². The maximum atomic E-state index is 4.33. The molecule has 0 saturated heterocycles. The number of fused-ring (bicyclic) bond motifs is 1. The van der Waals surface area contributed by atoms with Gasteiger partial charge in [-0.15, -0.1) is 0 Å². The normalized spacial score (nSPS) is 28.5. The molecular formula is C9H12N2.